The van der Waals surface area contributed by atoms with Gasteiger partial charge in [-0.15, -0.1) is 0 Å². The molecular formula is C15H17ClN2O3S. The molecule has 22 heavy (non-hydrogen) atoms. The van der Waals surface area contributed by atoms with E-state index in [1.807, 2.05) is 25.1 Å². The zero-order valence-electron chi connectivity index (χ0n) is 12.3. The van der Waals surface area contributed by atoms with Crippen molar-refractivity contribution < 1.29 is 12.8 Å². The zero-order chi connectivity index (χ0) is 15.7. The first kappa shape index (κ1) is 15.5. The summed E-state index contributed by atoms with van der Waals surface area (Å²) in [5.74, 6) is 1.66. The number of oxazole rings is 1. The molecule has 2 heterocycles. The third-order valence-corrected chi connectivity index (χ3v) is 5.75. The van der Waals surface area contributed by atoms with E-state index in [9.17, 15) is 8.42 Å². The summed E-state index contributed by atoms with van der Waals surface area (Å²) >= 11 is 6.17. The fourth-order valence-electron chi connectivity index (χ4n) is 2.44. The van der Waals surface area contributed by atoms with E-state index >= 15 is 0 Å². The van der Waals surface area contributed by atoms with Crippen molar-refractivity contribution in [1.29, 1.82) is 0 Å². The largest absolute Gasteiger partial charge is 0.441 e. The number of sulfone groups is 1. The summed E-state index contributed by atoms with van der Waals surface area (Å²) in [5, 5.41) is 0.597. The Morgan fingerprint density at radius 2 is 1.95 bits per heavy atom. The zero-order valence-corrected chi connectivity index (χ0v) is 13.8. The lowest BCUT2D eigenvalue weighted by Crippen LogP contribution is -2.39. The molecule has 0 saturated carbocycles. The Hall–Kier alpha value is -1.37. The SMILES string of the molecule is Cc1oc(-c2ccccc2Cl)nc1CN1CCS(=O)(=O)CC1. The Bertz CT molecular complexity index is 772. The predicted octanol–water partition coefficient (Wildman–Crippen LogP) is 2.53. The molecule has 1 fully saturated rings. The van der Waals surface area contributed by atoms with Gasteiger partial charge in [-0.3, -0.25) is 4.90 Å². The Balaban J connectivity index is 1.78. The Morgan fingerprint density at radius 1 is 1.27 bits per heavy atom. The lowest BCUT2D eigenvalue weighted by Gasteiger charge is -2.25. The van der Waals surface area contributed by atoms with E-state index in [1.54, 1.807) is 6.07 Å². The summed E-state index contributed by atoms with van der Waals surface area (Å²) in [6.45, 7) is 3.53. The van der Waals surface area contributed by atoms with Crippen LogP contribution in [-0.2, 0) is 16.4 Å². The average molecular weight is 341 g/mol. The maximum atomic E-state index is 11.5. The lowest BCUT2D eigenvalue weighted by molar-refractivity contribution is 0.283. The molecule has 118 valence electrons. The van der Waals surface area contributed by atoms with Gasteiger partial charge in [0.15, 0.2) is 9.84 Å². The Labute approximate surface area is 134 Å². The summed E-state index contributed by atoms with van der Waals surface area (Å²) in [5.41, 5.74) is 1.59. The molecule has 1 aromatic carbocycles. The van der Waals surface area contributed by atoms with Crippen molar-refractivity contribution >= 4 is 21.4 Å². The molecule has 0 unspecified atom stereocenters. The highest BCUT2D eigenvalue weighted by atomic mass is 35.5. The second-order valence-corrected chi connectivity index (χ2v) is 8.14. The molecule has 0 N–H and O–H groups in total. The smallest absolute Gasteiger partial charge is 0.228 e. The number of nitrogens with zero attached hydrogens (tertiary/aromatic N) is 2. The third-order valence-electron chi connectivity index (χ3n) is 3.81. The van der Waals surface area contributed by atoms with Gasteiger partial charge in [0.1, 0.15) is 5.76 Å². The number of halogens is 1. The van der Waals surface area contributed by atoms with E-state index in [2.05, 4.69) is 9.88 Å². The average Bonchev–Trinajstić information content (AvgIpc) is 2.83. The molecule has 0 bridgehead atoms. The van der Waals surface area contributed by atoms with Crippen LogP contribution in [0, 0.1) is 6.92 Å². The minimum atomic E-state index is -2.86. The predicted molar refractivity (Wildman–Crippen MR) is 85.6 cm³/mol. The van der Waals surface area contributed by atoms with Crippen LogP contribution < -0.4 is 0 Å². The number of hydrogen-bond acceptors (Lipinski definition) is 5. The van der Waals surface area contributed by atoms with E-state index in [0.29, 0.717) is 30.5 Å². The van der Waals surface area contributed by atoms with Gasteiger partial charge >= 0.3 is 0 Å². The number of hydrogen-bond donors (Lipinski definition) is 0. The van der Waals surface area contributed by atoms with Crippen LogP contribution in [-0.4, -0.2) is 42.9 Å². The van der Waals surface area contributed by atoms with Gasteiger partial charge in [0.2, 0.25) is 5.89 Å². The van der Waals surface area contributed by atoms with Gasteiger partial charge < -0.3 is 4.42 Å². The van der Waals surface area contributed by atoms with Gasteiger partial charge in [-0.2, -0.15) is 0 Å². The first-order chi connectivity index (χ1) is 10.4. The van der Waals surface area contributed by atoms with Crippen LogP contribution in [0.4, 0.5) is 0 Å². The molecule has 0 aliphatic carbocycles. The standard InChI is InChI=1S/C15H17ClN2O3S/c1-11-14(10-18-6-8-22(19,20)9-7-18)17-15(21-11)12-4-2-3-5-13(12)16/h2-5H,6-10H2,1H3. The maximum absolute atomic E-state index is 11.5. The van der Waals surface area contributed by atoms with Gasteiger partial charge in [-0.05, 0) is 19.1 Å². The summed E-state index contributed by atoms with van der Waals surface area (Å²) < 4.78 is 28.7. The van der Waals surface area contributed by atoms with Crippen molar-refractivity contribution in [2.75, 3.05) is 24.6 Å². The Kier molecular flexibility index (Phi) is 4.25. The van der Waals surface area contributed by atoms with Crippen molar-refractivity contribution in [1.82, 2.24) is 9.88 Å². The summed E-state index contributed by atoms with van der Waals surface area (Å²) in [7, 11) is -2.86. The van der Waals surface area contributed by atoms with Crippen LogP contribution in [0.5, 0.6) is 0 Å². The number of aromatic nitrogens is 1. The highest BCUT2D eigenvalue weighted by Gasteiger charge is 2.23. The second kappa shape index (κ2) is 6.02. The molecule has 3 rings (SSSR count). The molecule has 0 atom stereocenters. The molecule has 0 spiro atoms. The summed E-state index contributed by atoms with van der Waals surface area (Å²) in [4.78, 5) is 6.61. The lowest BCUT2D eigenvalue weighted by atomic mass is 10.2. The molecule has 1 aliphatic rings. The normalized spacial score (nSPS) is 18.5. The van der Waals surface area contributed by atoms with E-state index < -0.39 is 9.84 Å². The topological polar surface area (TPSA) is 63.4 Å². The fourth-order valence-corrected chi connectivity index (χ4v) is 3.94. The molecule has 0 radical (unpaired) electrons. The van der Waals surface area contributed by atoms with Gasteiger partial charge in [0.05, 0.1) is 27.8 Å². The van der Waals surface area contributed by atoms with Gasteiger partial charge in [0, 0.05) is 19.6 Å². The molecule has 1 saturated heterocycles. The van der Waals surface area contributed by atoms with Crippen LogP contribution in [0.25, 0.3) is 11.5 Å². The molecule has 2 aromatic rings. The van der Waals surface area contributed by atoms with Gasteiger partial charge in [-0.1, -0.05) is 23.7 Å². The highest BCUT2D eigenvalue weighted by molar-refractivity contribution is 7.91. The van der Waals surface area contributed by atoms with E-state index in [4.69, 9.17) is 16.0 Å². The van der Waals surface area contributed by atoms with E-state index in [-0.39, 0.29) is 11.5 Å². The molecule has 1 aliphatic heterocycles. The summed E-state index contributed by atoms with van der Waals surface area (Å²) in [6, 6.07) is 7.41. The fraction of sp³-hybridized carbons (Fsp3) is 0.400. The van der Waals surface area contributed by atoms with Crippen molar-refractivity contribution in [3.05, 3.63) is 40.7 Å². The van der Waals surface area contributed by atoms with Crippen molar-refractivity contribution in [3.63, 3.8) is 0 Å². The number of rotatable bonds is 3. The molecule has 0 amide bonds. The van der Waals surface area contributed by atoms with Crippen LogP contribution in [0.1, 0.15) is 11.5 Å². The Morgan fingerprint density at radius 3 is 2.64 bits per heavy atom. The molecule has 1 aromatic heterocycles. The van der Waals surface area contributed by atoms with Crippen LogP contribution in [0.3, 0.4) is 0 Å². The van der Waals surface area contributed by atoms with Gasteiger partial charge in [-0.25, -0.2) is 13.4 Å². The van der Waals surface area contributed by atoms with Gasteiger partial charge in [0.25, 0.3) is 0 Å². The third kappa shape index (κ3) is 3.34. The summed E-state index contributed by atoms with van der Waals surface area (Å²) in [6.07, 6.45) is 0. The molecule has 5 nitrogen and oxygen atoms in total. The first-order valence-electron chi connectivity index (χ1n) is 7.08. The number of aryl methyl sites for hydroxylation is 1. The quantitative estimate of drug-likeness (QED) is 0.859. The molecular weight excluding hydrogens is 324 g/mol. The van der Waals surface area contributed by atoms with E-state index in [1.165, 1.54) is 0 Å². The van der Waals surface area contributed by atoms with E-state index in [0.717, 1.165) is 17.0 Å². The molecule has 7 heteroatoms. The minimum Gasteiger partial charge on any atom is -0.441 e. The minimum absolute atomic E-state index is 0.210. The van der Waals surface area contributed by atoms with Crippen LogP contribution in [0.15, 0.2) is 28.7 Å². The van der Waals surface area contributed by atoms with Crippen molar-refractivity contribution in [3.8, 4) is 11.5 Å². The monoisotopic (exact) mass is 340 g/mol. The van der Waals surface area contributed by atoms with Crippen LogP contribution in [0.2, 0.25) is 5.02 Å². The van der Waals surface area contributed by atoms with Crippen molar-refractivity contribution in [2.24, 2.45) is 0 Å². The van der Waals surface area contributed by atoms with Crippen molar-refractivity contribution in [2.45, 2.75) is 13.5 Å². The number of benzene rings is 1. The van der Waals surface area contributed by atoms with Crippen LogP contribution >= 0.6 is 11.6 Å². The first-order valence-corrected chi connectivity index (χ1v) is 9.28. The maximum Gasteiger partial charge on any atom is 0.228 e. The highest BCUT2D eigenvalue weighted by Crippen LogP contribution is 2.28. The second-order valence-electron chi connectivity index (χ2n) is 5.43.